The molecule has 2 aromatic carbocycles. The summed E-state index contributed by atoms with van der Waals surface area (Å²) in [6.07, 6.45) is 3.26. The molecule has 1 aliphatic carbocycles. The quantitative estimate of drug-likeness (QED) is 0.587. The van der Waals surface area contributed by atoms with Gasteiger partial charge in [0.1, 0.15) is 11.5 Å². The molecule has 0 unspecified atom stereocenters. The van der Waals surface area contributed by atoms with Gasteiger partial charge >= 0.3 is 0 Å². The zero-order valence-electron chi connectivity index (χ0n) is 17.7. The standard InChI is InChI=1S/C24H24N2O5/c1-14-4-9-20-21(10-14)24(29)26(23(20)28)17-7-5-15(6-8-17)22(27)25-16-11-18(30-2)13-19(12-16)31-3/h4-8,11-13,20-21H,9-10H2,1-3H3,(H,25,27)/t20-,21+/m1/s1. The van der Waals surface area contributed by atoms with Crippen LogP contribution < -0.4 is 19.7 Å². The van der Waals surface area contributed by atoms with E-state index in [1.165, 1.54) is 19.1 Å². The number of methoxy groups -OCH3 is 2. The number of carbonyl (C=O) groups is 3. The summed E-state index contributed by atoms with van der Waals surface area (Å²) in [5, 5.41) is 2.81. The fourth-order valence-electron chi connectivity index (χ4n) is 4.14. The maximum atomic E-state index is 12.9. The minimum atomic E-state index is -0.325. The van der Waals surface area contributed by atoms with Gasteiger partial charge in [-0.3, -0.25) is 19.3 Å². The summed E-state index contributed by atoms with van der Waals surface area (Å²) in [5.74, 6) is -0.118. The van der Waals surface area contributed by atoms with Gasteiger partial charge in [0, 0.05) is 29.4 Å². The van der Waals surface area contributed by atoms with Crippen LogP contribution in [0.1, 0.15) is 30.1 Å². The molecule has 1 saturated heterocycles. The van der Waals surface area contributed by atoms with Gasteiger partial charge in [-0.05, 0) is 44.0 Å². The maximum Gasteiger partial charge on any atom is 0.255 e. The number of benzene rings is 2. The second-order valence-corrected chi connectivity index (χ2v) is 7.82. The number of hydrogen-bond acceptors (Lipinski definition) is 5. The number of anilines is 2. The highest BCUT2D eigenvalue weighted by molar-refractivity contribution is 6.22. The number of hydrogen-bond donors (Lipinski definition) is 1. The molecule has 0 radical (unpaired) electrons. The predicted molar refractivity (Wildman–Crippen MR) is 116 cm³/mol. The van der Waals surface area contributed by atoms with Crippen molar-refractivity contribution >= 4 is 29.1 Å². The number of nitrogens with one attached hydrogen (secondary N) is 1. The number of amides is 3. The van der Waals surface area contributed by atoms with E-state index < -0.39 is 0 Å². The number of rotatable bonds is 5. The first-order chi connectivity index (χ1) is 14.9. The van der Waals surface area contributed by atoms with Crippen molar-refractivity contribution in [2.75, 3.05) is 24.4 Å². The zero-order chi connectivity index (χ0) is 22.1. The molecule has 2 atom stereocenters. The first-order valence-electron chi connectivity index (χ1n) is 10.1. The molecule has 1 heterocycles. The lowest BCUT2D eigenvalue weighted by atomic mass is 9.82. The monoisotopic (exact) mass is 420 g/mol. The summed E-state index contributed by atoms with van der Waals surface area (Å²) < 4.78 is 10.4. The number of fused-ring (bicyclic) bond motifs is 1. The Morgan fingerprint density at radius 3 is 2.19 bits per heavy atom. The summed E-state index contributed by atoms with van der Waals surface area (Å²) in [5.41, 5.74) is 2.56. The number of nitrogens with zero attached hydrogens (tertiary/aromatic N) is 1. The first-order valence-corrected chi connectivity index (χ1v) is 10.1. The van der Waals surface area contributed by atoms with Crippen LogP contribution in [-0.2, 0) is 9.59 Å². The molecular weight excluding hydrogens is 396 g/mol. The highest BCUT2D eigenvalue weighted by Gasteiger charge is 2.48. The molecule has 3 amide bonds. The van der Waals surface area contributed by atoms with E-state index in [-0.39, 0.29) is 29.6 Å². The van der Waals surface area contributed by atoms with E-state index in [2.05, 4.69) is 5.32 Å². The molecule has 1 fully saturated rings. The summed E-state index contributed by atoms with van der Waals surface area (Å²) >= 11 is 0. The molecule has 0 bridgehead atoms. The van der Waals surface area contributed by atoms with Crippen LogP contribution in [0.5, 0.6) is 11.5 Å². The van der Waals surface area contributed by atoms with Crippen LogP contribution in [0.25, 0.3) is 0 Å². The van der Waals surface area contributed by atoms with Gasteiger partial charge in [0.05, 0.1) is 31.7 Å². The topological polar surface area (TPSA) is 84.9 Å². The van der Waals surface area contributed by atoms with E-state index in [0.717, 1.165) is 5.57 Å². The SMILES string of the molecule is COc1cc(NC(=O)c2ccc(N3C(=O)[C@H]4CC(C)=CC[C@H]4C3=O)cc2)cc(OC)c1. The average molecular weight is 420 g/mol. The van der Waals surface area contributed by atoms with Crippen molar-refractivity contribution in [1.82, 2.24) is 0 Å². The molecule has 2 aliphatic rings. The molecule has 0 spiro atoms. The summed E-state index contributed by atoms with van der Waals surface area (Å²) in [7, 11) is 3.07. The van der Waals surface area contributed by atoms with E-state index in [1.807, 2.05) is 13.0 Å². The van der Waals surface area contributed by atoms with Crippen LogP contribution in [0, 0.1) is 11.8 Å². The highest BCUT2D eigenvalue weighted by Crippen LogP contribution is 2.39. The molecule has 7 heteroatoms. The second kappa shape index (κ2) is 8.26. The number of carbonyl (C=O) groups excluding carboxylic acids is 3. The predicted octanol–water partition coefficient (Wildman–Crippen LogP) is 3.80. The largest absolute Gasteiger partial charge is 0.497 e. The molecule has 0 saturated carbocycles. The third-order valence-electron chi connectivity index (χ3n) is 5.82. The van der Waals surface area contributed by atoms with Gasteiger partial charge in [0.2, 0.25) is 11.8 Å². The fraction of sp³-hybridized carbons (Fsp3) is 0.292. The number of imide groups is 1. The lowest BCUT2D eigenvalue weighted by Gasteiger charge is -2.18. The van der Waals surface area contributed by atoms with E-state index in [0.29, 0.717) is 41.3 Å². The molecule has 4 rings (SSSR count). The highest BCUT2D eigenvalue weighted by atomic mass is 16.5. The van der Waals surface area contributed by atoms with E-state index in [1.54, 1.807) is 42.5 Å². The molecule has 160 valence electrons. The summed E-state index contributed by atoms with van der Waals surface area (Å²) in [6, 6.07) is 11.6. The first kappa shape index (κ1) is 20.7. The van der Waals surface area contributed by atoms with Crippen LogP contribution in [0.3, 0.4) is 0 Å². The Labute approximate surface area is 180 Å². The van der Waals surface area contributed by atoms with Crippen LogP contribution >= 0.6 is 0 Å². The van der Waals surface area contributed by atoms with Gasteiger partial charge in [-0.15, -0.1) is 0 Å². The summed E-state index contributed by atoms with van der Waals surface area (Å²) in [4.78, 5) is 39.6. The minimum absolute atomic E-state index is 0.164. The molecule has 0 aromatic heterocycles. The van der Waals surface area contributed by atoms with E-state index >= 15 is 0 Å². The Hall–Kier alpha value is -3.61. The van der Waals surface area contributed by atoms with Crippen LogP contribution in [0.2, 0.25) is 0 Å². The van der Waals surface area contributed by atoms with Crippen molar-refractivity contribution in [1.29, 1.82) is 0 Å². The van der Waals surface area contributed by atoms with Crippen molar-refractivity contribution in [3.63, 3.8) is 0 Å². The molecule has 2 aromatic rings. The zero-order valence-corrected chi connectivity index (χ0v) is 17.7. The maximum absolute atomic E-state index is 12.9. The number of ether oxygens (including phenoxy) is 2. The van der Waals surface area contributed by atoms with Crippen molar-refractivity contribution < 1.29 is 23.9 Å². The van der Waals surface area contributed by atoms with E-state index in [9.17, 15) is 14.4 Å². The van der Waals surface area contributed by atoms with Gasteiger partial charge in [0.25, 0.3) is 5.91 Å². The molecule has 7 nitrogen and oxygen atoms in total. The molecule has 1 N–H and O–H groups in total. The van der Waals surface area contributed by atoms with Crippen LogP contribution in [0.4, 0.5) is 11.4 Å². The number of allylic oxidation sites excluding steroid dienone is 2. The van der Waals surface area contributed by atoms with Crippen LogP contribution in [0.15, 0.2) is 54.1 Å². The van der Waals surface area contributed by atoms with Gasteiger partial charge in [-0.2, -0.15) is 0 Å². The van der Waals surface area contributed by atoms with Gasteiger partial charge in [-0.25, -0.2) is 0 Å². The summed E-state index contributed by atoms with van der Waals surface area (Å²) in [6.45, 7) is 1.99. The molecule has 31 heavy (non-hydrogen) atoms. The Morgan fingerprint density at radius 1 is 0.968 bits per heavy atom. The average Bonchev–Trinajstić information content (AvgIpc) is 3.02. The van der Waals surface area contributed by atoms with Crippen molar-refractivity contribution in [3.05, 3.63) is 59.7 Å². The third-order valence-corrected chi connectivity index (χ3v) is 5.82. The molecular formula is C24H24N2O5. The normalized spacial score (nSPS) is 20.2. The minimum Gasteiger partial charge on any atom is -0.497 e. The van der Waals surface area contributed by atoms with Gasteiger partial charge < -0.3 is 14.8 Å². The Balaban J connectivity index is 1.50. The van der Waals surface area contributed by atoms with E-state index in [4.69, 9.17) is 9.47 Å². The van der Waals surface area contributed by atoms with Crippen molar-refractivity contribution in [2.24, 2.45) is 11.8 Å². The second-order valence-electron chi connectivity index (χ2n) is 7.82. The Morgan fingerprint density at radius 2 is 1.58 bits per heavy atom. The van der Waals surface area contributed by atoms with Crippen molar-refractivity contribution in [3.8, 4) is 11.5 Å². The Bertz CT molecular complexity index is 1050. The van der Waals surface area contributed by atoms with Gasteiger partial charge in [0.15, 0.2) is 0 Å². The van der Waals surface area contributed by atoms with Crippen LogP contribution in [-0.4, -0.2) is 31.9 Å². The third kappa shape index (κ3) is 3.91. The lowest BCUT2D eigenvalue weighted by Crippen LogP contribution is -2.30. The van der Waals surface area contributed by atoms with Crippen molar-refractivity contribution in [2.45, 2.75) is 19.8 Å². The lowest BCUT2D eigenvalue weighted by molar-refractivity contribution is -0.122. The fourth-order valence-corrected chi connectivity index (χ4v) is 4.14. The van der Waals surface area contributed by atoms with Gasteiger partial charge in [-0.1, -0.05) is 11.6 Å². The Kier molecular flexibility index (Phi) is 5.50. The molecule has 1 aliphatic heterocycles. The smallest absolute Gasteiger partial charge is 0.255 e.